The number of benzene rings is 3. The Morgan fingerprint density at radius 3 is 2.10 bits per heavy atom. The van der Waals surface area contributed by atoms with Crippen LogP contribution in [0.15, 0.2) is 94.9 Å². The van der Waals surface area contributed by atoms with Crippen LogP contribution in [0.25, 0.3) is 33.4 Å². The molecule has 0 spiro atoms. The summed E-state index contributed by atoms with van der Waals surface area (Å²) in [6, 6.07) is 26.8. The van der Waals surface area contributed by atoms with Crippen molar-refractivity contribution in [2.24, 2.45) is 0 Å². The second-order valence-corrected chi connectivity index (χ2v) is 7.62. The molecule has 0 aliphatic rings. The normalized spacial score (nSPS) is 11.0. The van der Waals surface area contributed by atoms with Crippen molar-refractivity contribution in [3.63, 3.8) is 0 Å². The fraction of sp³-hybridized carbons (Fsp3) is 0.0435. The molecule has 0 aliphatic carbocycles. The van der Waals surface area contributed by atoms with E-state index in [1.54, 1.807) is 12.1 Å². The van der Waals surface area contributed by atoms with Crippen molar-refractivity contribution in [2.45, 2.75) is 11.0 Å². The number of hydrogen-bond acceptors (Lipinski definition) is 7. The molecule has 0 saturated heterocycles. The van der Waals surface area contributed by atoms with Crippen molar-refractivity contribution in [3.8, 4) is 22.5 Å². The highest BCUT2D eigenvalue weighted by molar-refractivity contribution is 7.98. The fourth-order valence-corrected chi connectivity index (χ4v) is 3.85. The van der Waals surface area contributed by atoms with Crippen LogP contribution < -0.4 is 5.56 Å². The topological polar surface area (TPSA) is 86.5 Å². The zero-order valence-electron chi connectivity index (χ0n) is 16.3. The van der Waals surface area contributed by atoms with Crippen LogP contribution in [0, 0.1) is 0 Å². The largest absolute Gasteiger partial charge is 0.278 e. The molecule has 3 aromatic carbocycles. The lowest BCUT2D eigenvalue weighted by Gasteiger charge is -2.09. The van der Waals surface area contributed by atoms with E-state index < -0.39 is 0 Å². The summed E-state index contributed by atoms with van der Waals surface area (Å²) in [6.07, 6.45) is 0. The van der Waals surface area contributed by atoms with Crippen LogP contribution in [-0.2, 0) is 5.88 Å². The van der Waals surface area contributed by atoms with Gasteiger partial charge in [-0.15, -0.1) is 15.3 Å². The lowest BCUT2D eigenvalue weighted by molar-refractivity contribution is 0.643. The van der Waals surface area contributed by atoms with Gasteiger partial charge in [0.2, 0.25) is 5.16 Å². The van der Waals surface area contributed by atoms with Crippen molar-refractivity contribution in [1.29, 1.82) is 0 Å². The third-order valence-corrected chi connectivity index (χ3v) is 5.51. The molecular formula is C23H16N6OS. The zero-order chi connectivity index (χ0) is 21.0. The summed E-state index contributed by atoms with van der Waals surface area (Å²) in [6.45, 7) is 0. The predicted molar refractivity (Wildman–Crippen MR) is 120 cm³/mol. The van der Waals surface area contributed by atoms with Gasteiger partial charge in [0.1, 0.15) is 16.9 Å². The highest BCUT2D eigenvalue weighted by Gasteiger charge is 2.14. The lowest BCUT2D eigenvalue weighted by atomic mass is 10.0. The van der Waals surface area contributed by atoms with Crippen molar-refractivity contribution in [2.75, 3.05) is 0 Å². The van der Waals surface area contributed by atoms with Gasteiger partial charge in [-0.25, -0.2) is 4.98 Å². The molecule has 5 aromatic rings. The molecule has 0 N–H and O–H groups in total. The average molecular weight is 424 g/mol. The molecule has 150 valence electrons. The Balaban J connectivity index is 1.49. The molecule has 7 nitrogen and oxygen atoms in total. The van der Waals surface area contributed by atoms with E-state index in [1.807, 2.05) is 72.8 Å². The summed E-state index contributed by atoms with van der Waals surface area (Å²) in [5.74, 6) is 0.233. The van der Waals surface area contributed by atoms with Gasteiger partial charge in [0.15, 0.2) is 0 Å². The molecule has 0 unspecified atom stereocenters. The molecule has 0 saturated carbocycles. The molecule has 0 aliphatic heterocycles. The van der Waals surface area contributed by atoms with E-state index >= 15 is 0 Å². The fourth-order valence-electron chi connectivity index (χ4n) is 3.19. The Hall–Kier alpha value is -3.91. The Labute approximate surface area is 181 Å². The van der Waals surface area contributed by atoms with E-state index in [0.29, 0.717) is 21.8 Å². The molecule has 0 bridgehead atoms. The van der Waals surface area contributed by atoms with Gasteiger partial charge in [-0.1, -0.05) is 89.8 Å². The minimum absolute atomic E-state index is 0.199. The molecule has 5 rings (SSSR count). The van der Waals surface area contributed by atoms with E-state index in [4.69, 9.17) is 4.98 Å². The van der Waals surface area contributed by atoms with Crippen molar-refractivity contribution in [1.82, 2.24) is 30.2 Å². The maximum Gasteiger partial charge on any atom is 0.278 e. The van der Waals surface area contributed by atoms with Crippen LogP contribution >= 0.6 is 11.8 Å². The molecular weight excluding hydrogens is 408 g/mol. The first-order chi connectivity index (χ1) is 15.3. The van der Waals surface area contributed by atoms with E-state index in [-0.39, 0.29) is 11.4 Å². The summed E-state index contributed by atoms with van der Waals surface area (Å²) < 4.78 is 1.31. The lowest BCUT2D eigenvalue weighted by Crippen LogP contribution is -2.23. The standard InChI is InChI=1S/C23H16N6OS/c30-22-18-13-7-8-14-19(18)25-28-29(22)15-31-23-24-20(16-9-3-1-4-10-16)21(26-27-23)17-11-5-2-6-12-17/h1-14H,15H2. The zero-order valence-corrected chi connectivity index (χ0v) is 17.1. The van der Waals surface area contributed by atoms with Gasteiger partial charge >= 0.3 is 0 Å². The van der Waals surface area contributed by atoms with Gasteiger partial charge in [0, 0.05) is 11.1 Å². The van der Waals surface area contributed by atoms with E-state index in [9.17, 15) is 4.79 Å². The molecule has 0 fully saturated rings. The van der Waals surface area contributed by atoms with Crippen molar-refractivity contribution < 1.29 is 0 Å². The van der Waals surface area contributed by atoms with E-state index in [2.05, 4.69) is 20.5 Å². The molecule has 2 heterocycles. The quantitative estimate of drug-likeness (QED) is 0.393. The second kappa shape index (κ2) is 8.45. The minimum Gasteiger partial charge on any atom is -0.267 e. The Kier molecular flexibility index (Phi) is 5.20. The Morgan fingerprint density at radius 1 is 0.710 bits per heavy atom. The Bertz CT molecular complexity index is 1410. The van der Waals surface area contributed by atoms with Crippen LogP contribution in [0.1, 0.15) is 0 Å². The van der Waals surface area contributed by atoms with E-state index in [0.717, 1.165) is 16.8 Å². The minimum atomic E-state index is -0.199. The smallest absolute Gasteiger partial charge is 0.267 e. The van der Waals surface area contributed by atoms with Crippen LogP contribution in [0.5, 0.6) is 0 Å². The summed E-state index contributed by atoms with van der Waals surface area (Å²) in [4.78, 5) is 17.4. The molecule has 0 amide bonds. The summed E-state index contributed by atoms with van der Waals surface area (Å²) >= 11 is 1.28. The van der Waals surface area contributed by atoms with Gasteiger partial charge < -0.3 is 0 Å². The molecule has 2 aromatic heterocycles. The van der Waals surface area contributed by atoms with Gasteiger partial charge in [-0.2, -0.15) is 4.68 Å². The first-order valence-electron chi connectivity index (χ1n) is 9.60. The van der Waals surface area contributed by atoms with Gasteiger partial charge in [0.25, 0.3) is 5.56 Å². The first kappa shape index (κ1) is 19.1. The number of fused-ring (bicyclic) bond motifs is 1. The number of rotatable bonds is 5. The van der Waals surface area contributed by atoms with E-state index in [1.165, 1.54) is 16.4 Å². The van der Waals surface area contributed by atoms with Crippen LogP contribution in [0.2, 0.25) is 0 Å². The van der Waals surface area contributed by atoms with Crippen molar-refractivity contribution in [3.05, 3.63) is 95.3 Å². The number of hydrogen-bond donors (Lipinski definition) is 0. The second-order valence-electron chi connectivity index (χ2n) is 6.71. The molecule has 0 radical (unpaired) electrons. The highest BCUT2D eigenvalue weighted by Crippen LogP contribution is 2.29. The number of nitrogens with zero attached hydrogens (tertiary/aromatic N) is 6. The predicted octanol–water partition coefficient (Wildman–Crippen LogP) is 4.06. The highest BCUT2D eigenvalue weighted by atomic mass is 32.2. The average Bonchev–Trinajstić information content (AvgIpc) is 2.85. The molecule has 8 heteroatoms. The van der Waals surface area contributed by atoms with Gasteiger partial charge in [0.05, 0.1) is 11.3 Å². The SMILES string of the molecule is O=c1c2ccccc2nnn1CSc1nnc(-c2ccccc2)c(-c2ccccc2)n1. The number of aromatic nitrogens is 6. The molecule has 0 atom stereocenters. The molecule has 31 heavy (non-hydrogen) atoms. The third kappa shape index (κ3) is 3.93. The summed E-state index contributed by atoms with van der Waals surface area (Å²) in [7, 11) is 0. The first-order valence-corrected chi connectivity index (χ1v) is 10.6. The summed E-state index contributed by atoms with van der Waals surface area (Å²) in [5, 5.41) is 17.9. The van der Waals surface area contributed by atoms with Gasteiger partial charge in [-0.05, 0) is 12.1 Å². The van der Waals surface area contributed by atoms with Gasteiger partial charge in [-0.3, -0.25) is 4.79 Å². The van der Waals surface area contributed by atoms with Crippen LogP contribution in [0.4, 0.5) is 0 Å². The Morgan fingerprint density at radius 2 is 1.35 bits per heavy atom. The monoisotopic (exact) mass is 424 g/mol. The summed E-state index contributed by atoms with van der Waals surface area (Å²) in [5.41, 5.74) is 3.70. The maximum atomic E-state index is 12.7. The van der Waals surface area contributed by atoms with Crippen LogP contribution in [-0.4, -0.2) is 30.2 Å². The number of thioether (sulfide) groups is 1. The van der Waals surface area contributed by atoms with Crippen molar-refractivity contribution >= 4 is 22.7 Å². The maximum absolute atomic E-state index is 12.7. The van der Waals surface area contributed by atoms with Crippen LogP contribution in [0.3, 0.4) is 0 Å². The third-order valence-electron chi connectivity index (χ3n) is 4.71.